The van der Waals surface area contributed by atoms with Crippen molar-refractivity contribution in [2.24, 2.45) is 10.7 Å². The molecule has 2 aliphatic heterocycles. The fourth-order valence-corrected chi connectivity index (χ4v) is 3.92. The summed E-state index contributed by atoms with van der Waals surface area (Å²) in [7, 11) is 3.42. The lowest BCUT2D eigenvalue weighted by molar-refractivity contribution is -0.123. The predicted molar refractivity (Wildman–Crippen MR) is 120 cm³/mol. The summed E-state index contributed by atoms with van der Waals surface area (Å²) in [4.78, 5) is 26.4. The number of carbonyl (C=O) groups excluding carboxylic acids is 1. The fraction of sp³-hybridized carbons (Fsp3) is 0.167. The van der Waals surface area contributed by atoms with E-state index in [4.69, 9.17) is 20.2 Å². The first-order valence-corrected chi connectivity index (χ1v) is 10.1. The molecule has 5 rings (SSSR count). The van der Waals surface area contributed by atoms with Crippen molar-refractivity contribution in [3.8, 4) is 22.6 Å². The van der Waals surface area contributed by atoms with E-state index in [0.29, 0.717) is 11.5 Å². The highest BCUT2D eigenvalue weighted by Crippen LogP contribution is 2.51. The van der Waals surface area contributed by atoms with Crippen LogP contribution in [0.15, 0.2) is 66.2 Å². The molecule has 8 heteroatoms. The van der Waals surface area contributed by atoms with Crippen molar-refractivity contribution in [3.05, 3.63) is 77.9 Å². The normalized spacial score (nSPS) is 18.5. The van der Waals surface area contributed by atoms with Crippen LogP contribution in [0.25, 0.3) is 17.2 Å². The Balaban J connectivity index is 1.64. The van der Waals surface area contributed by atoms with Gasteiger partial charge in [-0.15, -0.1) is 0 Å². The van der Waals surface area contributed by atoms with Crippen molar-refractivity contribution in [2.45, 2.75) is 5.54 Å². The molecule has 1 atom stereocenters. The second-order valence-corrected chi connectivity index (χ2v) is 7.86. The minimum atomic E-state index is -0.853. The van der Waals surface area contributed by atoms with Crippen LogP contribution < -0.4 is 10.5 Å². The molecule has 1 aromatic heterocycles. The lowest BCUT2D eigenvalue weighted by Gasteiger charge is -2.34. The maximum Gasteiger partial charge on any atom is 0.283 e. The first kappa shape index (κ1) is 19.7. The molecule has 0 unspecified atom stereocenters. The van der Waals surface area contributed by atoms with Crippen LogP contribution in [0.1, 0.15) is 16.7 Å². The molecule has 2 N–H and O–H groups in total. The number of ether oxygens (including phenoxy) is 2. The van der Waals surface area contributed by atoms with E-state index < -0.39 is 5.54 Å². The van der Waals surface area contributed by atoms with Crippen molar-refractivity contribution in [2.75, 3.05) is 20.7 Å². The van der Waals surface area contributed by atoms with E-state index in [1.165, 1.54) is 17.3 Å². The number of aliphatic imine (C=N–C) groups is 1. The van der Waals surface area contributed by atoms with Crippen LogP contribution in [-0.2, 0) is 15.1 Å². The van der Waals surface area contributed by atoms with Gasteiger partial charge >= 0.3 is 0 Å². The minimum Gasteiger partial charge on any atom is -0.462 e. The molecule has 2 aromatic carbocycles. The molecule has 0 saturated carbocycles. The first-order valence-electron chi connectivity index (χ1n) is 10.1. The van der Waals surface area contributed by atoms with Gasteiger partial charge in [-0.1, -0.05) is 12.1 Å². The number of nitrogens with zero attached hydrogens (tertiary/aromatic N) is 4. The number of rotatable bonds is 3. The average molecular weight is 427 g/mol. The van der Waals surface area contributed by atoms with Crippen LogP contribution in [0.2, 0.25) is 0 Å². The smallest absolute Gasteiger partial charge is 0.283 e. The van der Waals surface area contributed by atoms with Gasteiger partial charge in [-0.25, -0.2) is 15.0 Å². The summed E-state index contributed by atoms with van der Waals surface area (Å²) in [5.74, 6) is 1.26. The molecule has 0 saturated heterocycles. The maximum atomic E-state index is 12.0. The second kappa shape index (κ2) is 7.49. The van der Waals surface area contributed by atoms with Crippen LogP contribution in [-0.4, -0.2) is 47.5 Å². The number of amidine groups is 1. The SMILES string of the molecule is CN(C)C(=O)/C=C/c1ccc2c(c1)[C@]1(COC(N)=N1)c1cc(-c3cncnc3)ccc1O2. The highest BCUT2D eigenvalue weighted by molar-refractivity contribution is 5.91. The average Bonchev–Trinajstić information content (AvgIpc) is 3.20. The molecule has 8 nitrogen and oxygen atoms in total. The largest absolute Gasteiger partial charge is 0.462 e. The molecule has 2 aliphatic rings. The maximum absolute atomic E-state index is 12.0. The van der Waals surface area contributed by atoms with E-state index in [-0.39, 0.29) is 18.5 Å². The van der Waals surface area contributed by atoms with Crippen LogP contribution in [0.4, 0.5) is 0 Å². The van der Waals surface area contributed by atoms with Crippen molar-refractivity contribution in [1.29, 1.82) is 0 Å². The molecular formula is C24H21N5O3. The number of fused-ring (bicyclic) bond motifs is 4. The number of amides is 1. The lowest BCUT2D eigenvalue weighted by Crippen LogP contribution is -2.31. The Morgan fingerprint density at radius 1 is 1.06 bits per heavy atom. The third kappa shape index (κ3) is 3.26. The molecule has 1 spiro atoms. The van der Waals surface area contributed by atoms with Crippen LogP contribution in [0, 0.1) is 0 Å². The Bertz CT molecular complexity index is 1270. The predicted octanol–water partition coefficient (Wildman–Crippen LogP) is 2.94. The number of aromatic nitrogens is 2. The number of likely N-dealkylation sites (N-methyl/N-ethyl adjacent to an activating group) is 1. The summed E-state index contributed by atoms with van der Waals surface area (Å²) in [6, 6.07) is 11.8. The summed E-state index contributed by atoms with van der Waals surface area (Å²) in [6.07, 6.45) is 8.31. The van der Waals surface area contributed by atoms with Crippen molar-refractivity contribution in [1.82, 2.24) is 14.9 Å². The molecule has 0 bridgehead atoms. The van der Waals surface area contributed by atoms with Gasteiger partial charge in [-0.05, 0) is 41.5 Å². The molecule has 0 fully saturated rings. The van der Waals surface area contributed by atoms with E-state index in [1.54, 1.807) is 32.6 Å². The third-order valence-electron chi connectivity index (χ3n) is 5.58. The van der Waals surface area contributed by atoms with Gasteiger partial charge in [0.1, 0.15) is 24.4 Å². The van der Waals surface area contributed by atoms with Crippen molar-refractivity contribution >= 4 is 18.0 Å². The molecule has 32 heavy (non-hydrogen) atoms. The second-order valence-electron chi connectivity index (χ2n) is 7.86. The summed E-state index contributed by atoms with van der Waals surface area (Å²) in [5, 5.41) is 0. The molecular weight excluding hydrogens is 406 g/mol. The fourth-order valence-electron chi connectivity index (χ4n) is 3.92. The summed E-state index contributed by atoms with van der Waals surface area (Å²) in [6.45, 7) is 0.251. The third-order valence-corrected chi connectivity index (χ3v) is 5.58. The Kier molecular flexibility index (Phi) is 4.62. The number of benzene rings is 2. The summed E-state index contributed by atoms with van der Waals surface area (Å²) >= 11 is 0. The van der Waals surface area contributed by atoms with E-state index in [9.17, 15) is 4.79 Å². The molecule has 3 heterocycles. The van der Waals surface area contributed by atoms with Crippen molar-refractivity contribution < 1.29 is 14.3 Å². The van der Waals surface area contributed by atoms with Gasteiger partial charge in [0.05, 0.1) is 0 Å². The Morgan fingerprint density at radius 2 is 1.78 bits per heavy atom. The zero-order valence-corrected chi connectivity index (χ0v) is 17.6. The highest BCUT2D eigenvalue weighted by atomic mass is 16.5. The number of nitrogens with two attached hydrogens (primary N) is 1. The standard InChI is InChI=1S/C24H21N5O3/c1-29(2)22(30)8-4-15-3-6-20-18(9-15)24(13-31-23(25)28-24)19-10-16(5-7-21(19)32-20)17-11-26-14-27-12-17/h3-12,14H,13H2,1-2H3,(H2,25,28)/b8-4+/t24-/m1/s1. The number of hydrogen-bond acceptors (Lipinski definition) is 7. The van der Waals surface area contributed by atoms with Crippen LogP contribution in [0.3, 0.4) is 0 Å². The lowest BCUT2D eigenvalue weighted by atomic mass is 9.80. The Morgan fingerprint density at radius 3 is 2.47 bits per heavy atom. The number of carbonyl (C=O) groups is 1. The van der Waals surface area contributed by atoms with Gasteiger partial charge in [0, 0.05) is 49.3 Å². The van der Waals surface area contributed by atoms with E-state index in [0.717, 1.165) is 27.8 Å². The monoisotopic (exact) mass is 427 g/mol. The molecule has 3 aromatic rings. The Labute approximate surface area is 185 Å². The highest BCUT2D eigenvalue weighted by Gasteiger charge is 2.47. The topological polar surface area (TPSA) is 103 Å². The quantitative estimate of drug-likeness (QED) is 0.645. The first-order chi connectivity index (χ1) is 15.5. The van der Waals surface area contributed by atoms with Gasteiger partial charge in [0.15, 0.2) is 5.54 Å². The molecule has 1 amide bonds. The Hall–Kier alpha value is -4.20. The van der Waals surface area contributed by atoms with E-state index in [2.05, 4.69) is 9.97 Å². The van der Waals surface area contributed by atoms with Gasteiger partial charge in [-0.3, -0.25) is 4.79 Å². The molecule has 160 valence electrons. The van der Waals surface area contributed by atoms with Gasteiger partial charge in [0.25, 0.3) is 6.02 Å². The van der Waals surface area contributed by atoms with Crippen LogP contribution in [0.5, 0.6) is 11.5 Å². The molecule has 0 aliphatic carbocycles. The minimum absolute atomic E-state index is 0.0970. The van der Waals surface area contributed by atoms with Crippen molar-refractivity contribution in [3.63, 3.8) is 0 Å². The van der Waals surface area contributed by atoms with Gasteiger partial charge in [-0.2, -0.15) is 0 Å². The summed E-state index contributed by atoms with van der Waals surface area (Å²) < 4.78 is 11.9. The van der Waals surface area contributed by atoms with E-state index in [1.807, 2.05) is 36.4 Å². The molecule has 0 radical (unpaired) electrons. The van der Waals surface area contributed by atoms with Gasteiger partial charge in [0.2, 0.25) is 5.91 Å². The summed E-state index contributed by atoms with van der Waals surface area (Å²) in [5.41, 5.74) is 9.45. The van der Waals surface area contributed by atoms with Gasteiger partial charge < -0.3 is 20.1 Å². The number of hydrogen-bond donors (Lipinski definition) is 1. The van der Waals surface area contributed by atoms with Crippen LogP contribution >= 0.6 is 0 Å². The van der Waals surface area contributed by atoms with E-state index >= 15 is 0 Å². The zero-order valence-electron chi connectivity index (χ0n) is 17.6. The zero-order chi connectivity index (χ0) is 22.3.